The van der Waals surface area contributed by atoms with Crippen molar-refractivity contribution in [2.75, 3.05) is 20.9 Å². The predicted molar refractivity (Wildman–Crippen MR) is 54.6 cm³/mol. The van der Waals surface area contributed by atoms with Crippen LogP contribution in [0.4, 0.5) is 0 Å². The molecule has 1 atom stereocenters. The van der Waals surface area contributed by atoms with E-state index >= 15 is 0 Å². The van der Waals surface area contributed by atoms with E-state index in [0.717, 1.165) is 17.1 Å². The molecule has 0 aromatic heterocycles. The zero-order chi connectivity index (χ0) is 10.8. The minimum absolute atomic E-state index is 0.250. The number of fused-ring (bicyclic) bond motifs is 1. The lowest BCUT2D eigenvalue weighted by Gasteiger charge is -2.17. The van der Waals surface area contributed by atoms with Crippen molar-refractivity contribution >= 4 is 0 Å². The van der Waals surface area contributed by atoms with Gasteiger partial charge in [-0.05, 0) is 31.8 Å². The van der Waals surface area contributed by atoms with E-state index in [0.29, 0.717) is 0 Å². The lowest BCUT2D eigenvalue weighted by molar-refractivity contribution is 0.174. The summed E-state index contributed by atoms with van der Waals surface area (Å²) >= 11 is 0. The molecule has 0 N–H and O–H groups in total. The molecule has 1 aliphatic heterocycles. The summed E-state index contributed by atoms with van der Waals surface area (Å²) in [4.78, 5) is 1.86. The van der Waals surface area contributed by atoms with Crippen LogP contribution in [0.2, 0.25) is 0 Å². The molecule has 0 spiro atoms. The number of benzene rings is 1. The topological polar surface area (TPSA) is 45.5 Å². The van der Waals surface area contributed by atoms with E-state index in [9.17, 15) is 0 Å². The van der Waals surface area contributed by atoms with Gasteiger partial charge in [-0.15, -0.1) is 0 Å². The second-order valence-electron chi connectivity index (χ2n) is 3.61. The maximum absolute atomic E-state index is 9.03. The van der Waals surface area contributed by atoms with Crippen LogP contribution in [0.5, 0.6) is 11.5 Å². The molecule has 0 bridgehead atoms. The molecule has 1 unspecified atom stereocenters. The molecule has 0 radical (unpaired) electrons. The zero-order valence-electron chi connectivity index (χ0n) is 8.73. The SMILES string of the molecule is CN(C)C(C#N)c1ccc2c(c1)OCO2. The average molecular weight is 204 g/mol. The van der Waals surface area contributed by atoms with E-state index in [2.05, 4.69) is 6.07 Å². The van der Waals surface area contributed by atoms with Gasteiger partial charge >= 0.3 is 0 Å². The van der Waals surface area contributed by atoms with Gasteiger partial charge in [-0.3, -0.25) is 4.90 Å². The summed E-state index contributed by atoms with van der Waals surface area (Å²) in [5, 5.41) is 9.03. The van der Waals surface area contributed by atoms with Crippen LogP contribution in [0.25, 0.3) is 0 Å². The Balaban J connectivity index is 2.34. The molecular formula is C11H12N2O2. The average Bonchev–Trinajstić information content (AvgIpc) is 2.65. The van der Waals surface area contributed by atoms with E-state index in [1.165, 1.54) is 0 Å². The molecule has 2 rings (SSSR count). The first-order chi connectivity index (χ1) is 7.22. The second-order valence-corrected chi connectivity index (χ2v) is 3.61. The lowest BCUT2D eigenvalue weighted by atomic mass is 10.1. The van der Waals surface area contributed by atoms with Crippen molar-refractivity contribution in [3.8, 4) is 17.6 Å². The van der Waals surface area contributed by atoms with Crippen LogP contribution in [0, 0.1) is 11.3 Å². The molecule has 1 aromatic rings. The highest BCUT2D eigenvalue weighted by Gasteiger charge is 2.18. The van der Waals surface area contributed by atoms with Crippen molar-refractivity contribution in [1.29, 1.82) is 5.26 Å². The third kappa shape index (κ3) is 1.74. The van der Waals surface area contributed by atoms with Crippen LogP contribution in [0.1, 0.15) is 11.6 Å². The zero-order valence-corrected chi connectivity index (χ0v) is 8.73. The molecule has 1 heterocycles. The number of rotatable bonds is 2. The molecule has 15 heavy (non-hydrogen) atoms. The smallest absolute Gasteiger partial charge is 0.231 e. The largest absolute Gasteiger partial charge is 0.454 e. The van der Waals surface area contributed by atoms with Crippen LogP contribution in [0.15, 0.2) is 18.2 Å². The number of nitrogens with zero attached hydrogens (tertiary/aromatic N) is 2. The Morgan fingerprint density at radius 2 is 2.07 bits per heavy atom. The van der Waals surface area contributed by atoms with Gasteiger partial charge in [-0.2, -0.15) is 5.26 Å². The Hall–Kier alpha value is -1.73. The molecule has 1 aromatic carbocycles. The normalized spacial score (nSPS) is 15.1. The van der Waals surface area contributed by atoms with E-state index in [1.54, 1.807) is 0 Å². The van der Waals surface area contributed by atoms with E-state index in [4.69, 9.17) is 14.7 Å². The summed E-state index contributed by atoms with van der Waals surface area (Å²) in [5.41, 5.74) is 0.923. The minimum Gasteiger partial charge on any atom is -0.454 e. The van der Waals surface area contributed by atoms with Gasteiger partial charge in [-0.1, -0.05) is 6.07 Å². The molecule has 0 aliphatic carbocycles. The van der Waals surface area contributed by atoms with Gasteiger partial charge in [0.05, 0.1) is 6.07 Å². The molecule has 0 saturated carbocycles. The fourth-order valence-electron chi connectivity index (χ4n) is 1.57. The van der Waals surface area contributed by atoms with Crippen molar-refractivity contribution in [2.24, 2.45) is 0 Å². The van der Waals surface area contributed by atoms with Crippen LogP contribution in [-0.4, -0.2) is 25.8 Å². The molecule has 0 amide bonds. The fraction of sp³-hybridized carbons (Fsp3) is 0.364. The lowest BCUT2D eigenvalue weighted by Crippen LogP contribution is -2.18. The fourth-order valence-corrected chi connectivity index (χ4v) is 1.57. The first-order valence-electron chi connectivity index (χ1n) is 4.68. The van der Waals surface area contributed by atoms with Crippen LogP contribution in [-0.2, 0) is 0 Å². The van der Waals surface area contributed by atoms with Crippen molar-refractivity contribution < 1.29 is 9.47 Å². The molecule has 1 aliphatic rings. The van der Waals surface area contributed by atoms with E-state index in [-0.39, 0.29) is 12.8 Å². The first-order valence-corrected chi connectivity index (χ1v) is 4.68. The standard InChI is InChI=1S/C11H12N2O2/c1-13(2)9(6-12)8-3-4-10-11(5-8)15-7-14-10/h3-5,9H,7H2,1-2H3. The van der Waals surface area contributed by atoms with E-state index < -0.39 is 0 Å². The van der Waals surface area contributed by atoms with Crippen LogP contribution < -0.4 is 9.47 Å². The number of nitriles is 1. The van der Waals surface area contributed by atoms with Crippen LogP contribution >= 0.6 is 0 Å². The van der Waals surface area contributed by atoms with Crippen molar-refractivity contribution in [1.82, 2.24) is 4.90 Å². The summed E-state index contributed by atoms with van der Waals surface area (Å²) in [6.07, 6.45) is 0. The Bertz CT molecular complexity index is 410. The summed E-state index contributed by atoms with van der Waals surface area (Å²) in [6, 6.07) is 7.57. The summed E-state index contributed by atoms with van der Waals surface area (Å²) in [5.74, 6) is 1.46. The number of hydrogen-bond acceptors (Lipinski definition) is 4. The van der Waals surface area contributed by atoms with Crippen molar-refractivity contribution in [2.45, 2.75) is 6.04 Å². The third-order valence-corrected chi connectivity index (χ3v) is 2.35. The summed E-state index contributed by atoms with van der Waals surface area (Å²) in [7, 11) is 3.75. The van der Waals surface area contributed by atoms with Gasteiger partial charge in [0.1, 0.15) is 6.04 Å². The van der Waals surface area contributed by atoms with Gasteiger partial charge in [-0.25, -0.2) is 0 Å². The number of hydrogen-bond donors (Lipinski definition) is 0. The maximum atomic E-state index is 9.03. The molecule has 4 heteroatoms. The summed E-state index contributed by atoms with van der Waals surface area (Å²) < 4.78 is 10.5. The van der Waals surface area contributed by atoms with Gasteiger partial charge in [0.15, 0.2) is 11.5 Å². The molecule has 0 fully saturated rings. The molecule has 78 valence electrons. The van der Waals surface area contributed by atoms with Crippen molar-refractivity contribution in [3.63, 3.8) is 0 Å². The highest BCUT2D eigenvalue weighted by molar-refractivity contribution is 5.46. The van der Waals surface area contributed by atoms with Gasteiger partial charge in [0.25, 0.3) is 0 Å². The summed E-state index contributed by atoms with van der Waals surface area (Å²) in [6.45, 7) is 0.262. The Morgan fingerprint density at radius 1 is 1.33 bits per heavy atom. The highest BCUT2D eigenvalue weighted by atomic mass is 16.7. The Morgan fingerprint density at radius 3 is 2.73 bits per heavy atom. The Kier molecular flexibility index (Phi) is 2.48. The van der Waals surface area contributed by atoms with Gasteiger partial charge < -0.3 is 9.47 Å². The molecule has 4 nitrogen and oxygen atoms in total. The quantitative estimate of drug-likeness (QED) is 0.733. The third-order valence-electron chi connectivity index (χ3n) is 2.35. The molecular weight excluding hydrogens is 192 g/mol. The number of ether oxygens (including phenoxy) is 2. The van der Waals surface area contributed by atoms with Crippen LogP contribution in [0.3, 0.4) is 0 Å². The minimum atomic E-state index is -0.250. The Labute approximate surface area is 88.6 Å². The van der Waals surface area contributed by atoms with Crippen molar-refractivity contribution in [3.05, 3.63) is 23.8 Å². The van der Waals surface area contributed by atoms with Gasteiger partial charge in [0, 0.05) is 0 Å². The van der Waals surface area contributed by atoms with E-state index in [1.807, 2.05) is 37.2 Å². The van der Waals surface area contributed by atoms with Gasteiger partial charge in [0.2, 0.25) is 6.79 Å². The predicted octanol–water partition coefficient (Wildman–Crippen LogP) is 1.54. The highest BCUT2D eigenvalue weighted by Crippen LogP contribution is 2.34. The first kappa shape index (κ1) is 9.81. The monoisotopic (exact) mass is 204 g/mol. The second kappa shape index (κ2) is 3.79. The maximum Gasteiger partial charge on any atom is 0.231 e. The molecule has 0 saturated heterocycles.